The molecular weight excluding hydrogens is 282 g/mol. The molecule has 0 N–H and O–H groups in total. The second kappa shape index (κ2) is 5.80. The largest absolute Gasteiger partial charge is 0.416 e. The van der Waals surface area contributed by atoms with E-state index in [2.05, 4.69) is 0 Å². The van der Waals surface area contributed by atoms with Crippen LogP contribution in [0.3, 0.4) is 0 Å². The van der Waals surface area contributed by atoms with E-state index >= 15 is 0 Å². The summed E-state index contributed by atoms with van der Waals surface area (Å²) >= 11 is 0. The second-order valence-electron chi connectivity index (χ2n) is 4.27. The van der Waals surface area contributed by atoms with Gasteiger partial charge in [0.2, 0.25) is 0 Å². The van der Waals surface area contributed by atoms with E-state index in [1.807, 2.05) is 0 Å². The highest BCUT2D eigenvalue weighted by Gasteiger charge is 2.30. The van der Waals surface area contributed by atoms with Crippen LogP contribution in [-0.2, 0) is 6.18 Å². The van der Waals surface area contributed by atoms with E-state index in [0.29, 0.717) is 0 Å². The summed E-state index contributed by atoms with van der Waals surface area (Å²) < 4.78 is 51.5. The molecule has 5 heteroatoms. The van der Waals surface area contributed by atoms with Gasteiger partial charge in [-0.1, -0.05) is 30.3 Å². The van der Waals surface area contributed by atoms with Gasteiger partial charge in [0.25, 0.3) is 0 Å². The number of halogens is 4. The Bertz CT molecular complexity index is 724. The molecule has 0 unspecified atom stereocenters. The second-order valence-corrected chi connectivity index (χ2v) is 4.27. The molecule has 106 valence electrons. The normalized spacial score (nSPS) is 12.0. The molecule has 2 aromatic rings. The van der Waals surface area contributed by atoms with Gasteiger partial charge in [0.05, 0.1) is 17.2 Å². The van der Waals surface area contributed by atoms with Crippen LogP contribution in [-0.4, -0.2) is 0 Å². The molecule has 0 aliphatic heterocycles. The molecule has 0 atom stereocenters. The Morgan fingerprint density at radius 1 is 1.05 bits per heavy atom. The number of benzene rings is 2. The van der Waals surface area contributed by atoms with Gasteiger partial charge in [-0.25, -0.2) is 4.39 Å². The fraction of sp³-hybridized carbons (Fsp3) is 0.0625. The van der Waals surface area contributed by atoms with E-state index in [4.69, 9.17) is 5.26 Å². The molecular formula is C16H9F4N. The first-order valence-corrected chi connectivity index (χ1v) is 5.96. The summed E-state index contributed by atoms with van der Waals surface area (Å²) in [4.78, 5) is 0. The maximum absolute atomic E-state index is 13.6. The highest BCUT2D eigenvalue weighted by molar-refractivity contribution is 5.89. The van der Waals surface area contributed by atoms with Crippen LogP contribution in [0.5, 0.6) is 0 Å². The van der Waals surface area contributed by atoms with Gasteiger partial charge in [-0.3, -0.25) is 0 Å². The average Bonchev–Trinajstić information content (AvgIpc) is 2.45. The zero-order chi connectivity index (χ0) is 15.5. The van der Waals surface area contributed by atoms with E-state index in [1.54, 1.807) is 12.1 Å². The zero-order valence-corrected chi connectivity index (χ0v) is 10.7. The van der Waals surface area contributed by atoms with Crippen LogP contribution in [0.2, 0.25) is 0 Å². The summed E-state index contributed by atoms with van der Waals surface area (Å²) in [7, 11) is 0. The molecule has 0 aromatic heterocycles. The lowest BCUT2D eigenvalue weighted by Crippen LogP contribution is -2.04. The van der Waals surface area contributed by atoms with Gasteiger partial charge in [0, 0.05) is 5.56 Å². The molecule has 1 nitrogen and oxygen atoms in total. The van der Waals surface area contributed by atoms with Crippen molar-refractivity contribution in [3.63, 3.8) is 0 Å². The van der Waals surface area contributed by atoms with Crippen molar-refractivity contribution in [3.8, 4) is 6.07 Å². The first kappa shape index (κ1) is 14.8. The number of hydrogen-bond acceptors (Lipinski definition) is 1. The lowest BCUT2D eigenvalue weighted by Gasteiger charge is -2.07. The van der Waals surface area contributed by atoms with Gasteiger partial charge in [-0.2, -0.15) is 18.4 Å². The van der Waals surface area contributed by atoms with Crippen molar-refractivity contribution in [1.29, 1.82) is 5.26 Å². The van der Waals surface area contributed by atoms with Crippen molar-refractivity contribution in [2.24, 2.45) is 0 Å². The summed E-state index contributed by atoms with van der Waals surface area (Å²) in [6.45, 7) is 0. The summed E-state index contributed by atoms with van der Waals surface area (Å²) in [5, 5.41) is 9.09. The molecule has 0 saturated heterocycles. The summed E-state index contributed by atoms with van der Waals surface area (Å²) in [5.74, 6) is -0.600. The molecule has 2 aromatic carbocycles. The van der Waals surface area contributed by atoms with Crippen LogP contribution < -0.4 is 0 Å². The molecule has 0 radical (unpaired) electrons. The van der Waals surface area contributed by atoms with Crippen molar-refractivity contribution in [1.82, 2.24) is 0 Å². The first-order valence-electron chi connectivity index (χ1n) is 5.96. The van der Waals surface area contributed by atoms with Crippen LogP contribution in [0.4, 0.5) is 17.6 Å². The predicted octanol–water partition coefficient (Wildman–Crippen LogP) is 4.91. The lowest BCUT2D eigenvalue weighted by molar-refractivity contribution is -0.137. The summed E-state index contributed by atoms with van der Waals surface area (Å²) in [6.07, 6.45) is -3.23. The van der Waals surface area contributed by atoms with Crippen LogP contribution >= 0.6 is 0 Å². The fourth-order valence-electron chi connectivity index (χ4n) is 1.82. The monoisotopic (exact) mass is 291 g/mol. The van der Waals surface area contributed by atoms with Crippen molar-refractivity contribution >= 4 is 11.6 Å². The van der Waals surface area contributed by atoms with Gasteiger partial charge in [0.1, 0.15) is 5.82 Å². The van der Waals surface area contributed by atoms with Gasteiger partial charge in [-0.05, 0) is 29.8 Å². The van der Waals surface area contributed by atoms with Crippen LogP contribution in [0.25, 0.3) is 11.6 Å². The number of rotatable bonds is 2. The van der Waals surface area contributed by atoms with Gasteiger partial charge >= 0.3 is 6.18 Å². The van der Waals surface area contributed by atoms with Gasteiger partial charge < -0.3 is 0 Å². The summed E-state index contributed by atoms with van der Waals surface area (Å²) in [6, 6.07) is 11.9. The number of nitriles is 1. The molecule has 0 amide bonds. The Labute approximate surface area is 118 Å². The van der Waals surface area contributed by atoms with Crippen molar-refractivity contribution in [3.05, 3.63) is 71.0 Å². The minimum atomic E-state index is -4.46. The topological polar surface area (TPSA) is 23.8 Å². The van der Waals surface area contributed by atoms with E-state index < -0.39 is 17.6 Å². The van der Waals surface area contributed by atoms with Crippen LogP contribution in [0.1, 0.15) is 16.7 Å². The Kier molecular flexibility index (Phi) is 4.08. The number of nitrogens with zero attached hydrogens (tertiary/aromatic N) is 1. The Balaban J connectivity index is 2.47. The minimum Gasteiger partial charge on any atom is -0.206 e. The van der Waals surface area contributed by atoms with E-state index in [9.17, 15) is 17.6 Å². The lowest BCUT2D eigenvalue weighted by atomic mass is 10.0. The Morgan fingerprint density at radius 2 is 1.76 bits per heavy atom. The van der Waals surface area contributed by atoms with E-state index in [1.165, 1.54) is 36.4 Å². The van der Waals surface area contributed by atoms with Gasteiger partial charge in [-0.15, -0.1) is 0 Å². The highest BCUT2D eigenvalue weighted by atomic mass is 19.4. The fourth-order valence-corrected chi connectivity index (χ4v) is 1.82. The SMILES string of the molecule is N#CC(=Cc1cccc(C(F)(F)F)c1)c1ccccc1F. The molecule has 0 bridgehead atoms. The smallest absolute Gasteiger partial charge is 0.206 e. The van der Waals surface area contributed by atoms with Crippen LogP contribution in [0.15, 0.2) is 48.5 Å². The third kappa shape index (κ3) is 3.48. The molecule has 21 heavy (non-hydrogen) atoms. The van der Waals surface area contributed by atoms with Crippen LogP contribution in [0, 0.1) is 17.1 Å². The predicted molar refractivity (Wildman–Crippen MR) is 71.3 cm³/mol. The number of alkyl halides is 3. The van der Waals surface area contributed by atoms with Crippen molar-refractivity contribution < 1.29 is 17.6 Å². The number of hydrogen-bond donors (Lipinski definition) is 0. The van der Waals surface area contributed by atoms with Crippen molar-refractivity contribution in [2.75, 3.05) is 0 Å². The zero-order valence-electron chi connectivity index (χ0n) is 10.7. The molecule has 0 heterocycles. The first-order chi connectivity index (χ1) is 9.91. The highest BCUT2D eigenvalue weighted by Crippen LogP contribution is 2.30. The molecule has 0 aliphatic rings. The van der Waals surface area contributed by atoms with Gasteiger partial charge in [0.15, 0.2) is 0 Å². The Morgan fingerprint density at radius 3 is 2.38 bits per heavy atom. The molecule has 0 fully saturated rings. The quantitative estimate of drug-likeness (QED) is 0.438. The summed E-state index contributed by atoms with van der Waals surface area (Å²) in [5.41, 5.74) is -0.614. The third-order valence-electron chi connectivity index (χ3n) is 2.81. The minimum absolute atomic E-state index is 0.0348. The molecule has 2 rings (SSSR count). The third-order valence-corrected chi connectivity index (χ3v) is 2.81. The maximum atomic E-state index is 13.6. The van der Waals surface area contributed by atoms with E-state index in [-0.39, 0.29) is 16.7 Å². The van der Waals surface area contributed by atoms with E-state index in [0.717, 1.165) is 12.1 Å². The number of allylic oxidation sites excluding steroid dienone is 1. The molecule has 0 aliphatic carbocycles. The molecule has 0 saturated carbocycles. The molecule has 0 spiro atoms. The Hall–Kier alpha value is -2.61. The standard InChI is InChI=1S/C16H9F4N/c17-15-7-2-1-6-14(15)12(10-21)8-11-4-3-5-13(9-11)16(18,19)20/h1-9H. The van der Waals surface area contributed by atoms with Crippen molar-refractivity contribution in [2.45, 2.75) is 6.18 Å². The average molecular weight is 291 g/mol. The maximum Gasteiger partial charge on any atom is 0.416 e.